The molecule has 126 valence electrons. The van der Waals surface area contributed by atoms with Gasteiger partial charge in [0.1, 0.15) is 0 Å². The normalized spacial score (nSPS) is 21.9. The van der Waals surface area contributed by atoms with E-state index in [4.69, 9.17) is 0 Å². The van der Waals surface area contributed by atoms with E-state index >= 15 is 0 Å². The number of hydrogen-bond acceptors (Lipinski definition) is 3. The topological polar surface area (TPSA) is 63.2 Å². The van der Waals surface area contributed by atoms with E-state index in [1.807, 2.05) is 0 Å². The highest BCUT2D eigenvalue weighted by Crippen LogP contribution is 2.41. The molecule has 5 heteroatoms. The van der Waals surface area contributed by atoms with Crippen molar-refractivity contribution >= 4 is 15.7 Å². The molecule has 0 atom stereocenters. The van der Waals surface area contributed by atoms with E-state index < -0.39 is 14.6 Å². The second kappa shape index (κ2) is 6.63. The lowest BCUT2D eigenvalue weighted by Crippen LogP contribution is -2.53. The molecule has 23 heavy (non-hydrogen) atoms. The molecule has 0 heterocycles. The minimum Gasteiger partial charge on any atom is -0.352 e. The van der Waals surface area contributed by atoms with Crippen LogP contribution in [0.15, 0.2) is 35.2 Å². The Kier molecular flexibility index (Phi) is 4.76. The molecule has 0 radical (unpaired) electrons. The van der Waals surface area contributed by atoms with Gasteiger partial charge in [0, 0.05) is 6.04 Å². The van der Waals surface area contributed by atoms with Crippen LogP contribution in [0.4, 0.5) is 0 Å². The minimum atomic E-state index is -3.66. The van der Waals surface area contributed by atoms with Gasteiger partial charge in [-0.15, -0.1) is 0 Å². The zero-order chi connectivity index (χ0) is 16.3. The van der Waals surface area contributed by atoms with E-state index in [0.29, 0.717) is 12.8 Å². The van der Waals surface area contributed by atoms with Crippen molar-refractivity contribution in [2.24, 2.45) is 0 Å². The molecule has 1 N–H and O–H groups in total. The molecule has 0 bridgehead atoms. The van der Waals surface area contributed by atoms with Crippen LogP contribution in [0.25, 0.3) is 0 Å². The van der Waals surface area contributed by atoms with Gasteiger partial charge in [-0.3, -0.25) is 4.79 Å². The summed E-state index contributed by atoms with van der Waals surface area (Å²) >= 11 is 0. The van der Waals surface area contributed by atoms with Crippen LogP contribution in [0.5, 0.6) is 0 Å². The molecular formula is C18H25NO3S. The van der Waals surface area contributed by atoms with Gasteiger partial charge < -0.3 is 5.32 Å². The van der Waals surface area contributed by atoms with Crippen LogP contribution in [0.1, 0.15) is 57.8 Å². The molecule has 2 saturated carbocycles. The number of amides is 1. The maximum Gasteiger partial charge on any atom is 0.242 e. The van der Waals surface area contributed by atoms with Crippen LogP contribution in [-0.4, -0.2) is 25.1 Å². The van der Waals surface area contributed by atoms with Crippen LogP contribution in [0.2, 0.25) is 0 Å². The first-order chi connectivity index (χ1) is 11.1. The van der Waals surface area contributed by atoms with E-state index in [0.717, 1.165) is 38.5 Å². The maximum absolute atomic E-state index is 13.2. The van der Waals surface area contributed by atoms with Crippen molar-refractivity contribution in [3.63, 3.8) is 0 Å². The molecule has 1 aromatic rings. The summed E-state index contributed by atoms with van der Waals surface area (Å²) in [5.41, 5.74) is 0. The van der Waals surface area contributed by atoms with Crippen molar-refractivity contribution < 1.29 is 13.2 Å². The van der Waals surface area contributed by atoms with E-state index in [1.165, 1.54) is 6.42 Å². The van der Waals surface area contributed by atoms with E-state index in [9.17, 15) is 13.2 Å². The summed E-state index contributed by atoms with van der Waals surface area (Å²) < 4.78 is 25.1. The Labute approximate surface area is 138 Å². The third kappa shape index (κ3) is 3.03. The van der Waals surface area contributed by atoms with Crippen LogP contribution < -0.4 is 5.32 Å². The van der Waals surface area contributed by atoms with Gasteiger partial charge in [0.2, 0.25) is 5.91 Å². The van der Waals surface area contributed by atoms with Crippen molar-refractivity contribution in [1.29, 1.82) is 0 Å². The van der Waals surface area contributed by atoms with E-state index in [2.05, 4.69) is 5.32 Å². The van der Waals surface area contributed by atoms with E-state index in [1.54, 1.807) is 30.3 Å². The summed E-state index contributed by atoms with van der Waals surface area (Å²) in [5, 5.41) is 3.06. The number of carbonyl (C=O) groups excluding carboxylic acids is 1. The first-order valence-electron chi connectivity index (χ1n) is 8.67. The van der Waals surface area contributed by atoms with Crippen LogP contribution in [0.3, 0.4) is 0 Å². The molecular weight excluding hydrogens is 310 g/mol. The standard InChI is InChI=1S/C18H25NO3S/c20-17(19-15-9-3-1-4-10-15)18(13-7-8-14-18)23(21,22)16-11-5-2-6-12-16/h2,5-6,11-12,15H,1,3-4,7-10,13-14H2,(H,19,20). The number of sulfone groups is 1. The summed E-state index contributed by atoms with van der Waals surface area (Å²) in [6.07, 6.45) is 7.83. The van der Waals surface area contributed by atoms with Crippen molar-refractivity contribution in [2.45, 2.75) is 73.5 Å². The summed E-state index contributed by atoms with van der Waals surface area (Å²) in [6, 6.07) is 8.57. The first kappa shape index (κ1) is 16.5. The average molecular weight is 335 g/mol. The van der Waals surface area contributed by atoms with Crippen molar-refractivity contribution in [3.8, 4) is 0 Å². The second-order valence-electron chi connectivity index (χ2n) is 6.83. The Balaban J connectivity index is 1.88. The Bertz CT molecular complexity index is 642. The fraction of sp³-hybridized carbons (Fsp3) is 0.611. The van der Waals surface area contributed by atoms with Gasteiger partial charge in [-0.1, -0.05) is 50.3 Å². The largest absolute Gasteiger partial charge is 0.352 e. The van der Waals surface area contributed by atoms with Crippen molar-refractivity contribution in [1.82, 2.24) is 5.32 Å². The lowest BCUT2D eigenvalue weighted by Gasteiger charge is -2.31. The second-order valence-corrected chi connectivity index (χ2v) is 9.09. The Morgan fingerprint density at radius 3 is 2.17 bits per heavy atom. The van der Waals surface area contributed by atoms with Gasteiger partial charge in [0.25, 0.3) is 0 Å². The molecule has 2 aliphatic carbocycles. The summed E-state index contributed by atoms with van der Waals surface area (Å²) in [4.78, 5) is 13.2. The monoisotopic (exact) mass is 335 g/mol. The van der Waals surface area contributed by atoms with Crippen molar-refractivity contribution in [3.05, 3.63) is 30.3 Å². The Hall–Kier alpha value is -1.36. The number of hydrogen-bond donors (Lipinski definition) is 1. The predicted octanol–water partition coefficient (Wildman–Crippen LogP) is 3.22. The van der Waals surface area contributed by atoms with Gasteiger partial charge in [-0.25, -0.2) is 8.42 Å². The van der Waals surface area contributed by atoms with Gasteiger partial charge in [0.15, 0.2) is 14.6 Å². The number of benzene rings is 1. The molecule has 0 aromatic heterocycles. The highest BCUT2D eigenvalue weighted by Gasteiger charge is 2.53. The van der Waals surface area contributed by atoms with E-state index in [-0.39, 0.29) is 16.8 Å². The Morgan fingerprint density at radius 1 is 0.957 bits per heavy atom. The van der Waals surface area contributed by atoms with Gasteiger partial charge in [-0.2, -0.15) is 0 Å². The maximum atomic E-state index is 13.2. The molecule has 2 aliphatic rings. The molecule has 0 aliphatic heterocycles. The minimum absolute atomic E-state index is 0.139. The molecule has 0 saturated heterocycles. The molecule has 1 amide bonds. The highest BCUT2D eigenvalue weighted by atomic mass is 32.2. The van der Waals surface area contributed by atoms with Gasteiger partial charge in [0.05, 0.1) is 4.90 Å². The number of rotatable bonds is 4. The fourth-order valence-corrected chi connectivity index (χ4v) is 6.05. The average Bonchev–Trinajstić information content (AvgIpc) is 3.08. The quantitative estimate of drug-likeness (QED) is 0.919. The third-order valence-electron chi connectivity index (χ3n) is 5.33. The fourth-order valence-electron chi connectivity index (χ4n) is 3.95. The Morgan fingerprint density at radius 2 is 1.57 bits per heavy atom. The van der Waals surface area contributed by atoms with Gasteiger partial charge >= 0.3 is 0 Å². The molecule has 1 aromatic carbocycles. The van der Waals surface area contributed by atoms with Crippen LogP contribution >= 0.6 is 0 Å². The van der Waals surface area contributed by atoms with Crippen molar-refractivity contribution in [2.75, 3.05) is 0 Å². The molecule has 4 nitrogen and oxygen atoms in total. The predicted molar refractivity (Wildman–Crippen MR) is 89.8 cm³/mol. The SMILES string of the molecule is O=C(NC1CCCCC1)C1(S(=O)(=O)c2ccccc2)CCCC1. The lowest BCUT2D eigenvalue weighted by atomic mass is 9.94. The molecule has 3 rings (SSSR count). The smallest absolute Gasteiger partial charge is 0.242 e. The zero-order valence-electron chi connectivity index (χ0n) is 13.5. The lowest BCUT2D eigenvalue weighted by molar-refractivity contribution is -0.124. The zero-order valence-corrected chi connectivity index (χ0v) is 14.3. The van der Waals surface area contributed by atoms with Crippen LogP contribution in [-0.2, 0) is 14.6 Å². The van der Waals surface area contributed by atoms with Gasteiger partial charge in [-0.05, 0) is 37.8 Å². The summed E-state index contributed by atoms with van der Waals surface area (Å²) in [7, 11) is -3.66. The number of nitrogens with one attached hydrogen (secondary N) is 1. The third-order valence-corrected chi connectivity index (χ3v) is 7.85. The molecule has 0 spiro atoms. The van der Waals surface area contributed by atoms with Crippen LogP contribution in [0, 0.1) is 0 Å². The number of carbonyl (C=O) groups is 1. The molecule has 2 fully saturated rings. The first-order valence-corrected chi connectivity index (χ1v) is 10.2. The summed E-state index contributed by atoms with van der Waals surface area (Å²) in [5.74, 6) is -0.272. The highest BCUT2D eigenvalue weighted by molar-refractivity contribution is 7.93. The molecule has 0 unspecified atom stereocenters. The summed E-state index contributed by atoms with van der Waals surface area (Å²) in [6.45, 7) is 0.